The van der Waals surface area contributed by atoms with Crippen molar-refractivity contribution in [2.45, 2.75) is 86.0 Å². The molecule has 0 saturated heterocycles. The molecule has 0 fully saturated rings. The van der Waals surface area contributed by atoms with Crippen molar-refractivity contribution < 1.29 is 0 Å². The highest BCUT2D eigenvalue weighted by Gasteiger charge is 2.14. The highest BCUT2D eigenvalue weighted by atomic mass is 14.2. The molecule has 0 aliphatic carbocycles. The molecule has 0 aromatic heterocycles. The quantitative estimate of drug-likeness (QED) is 0.553. The SMILES string of the molecule is CCCc1cc(C)c(CCC)c(CCC)c1CCC. The molecule has 0 bridgehead atoms. The second kappa shape index (κ2) is 8.40. The van der Waals surface area contributed by atoms with Crippen molar-refractivity contribution in [2.24, 2.45) is 0 Å². The summed E-state index contributed by atoms with van der Waals surface area (Å²) < 4.78 is 0. The van der Waals surface area contributed by atoms with Crippen LogP contribution in [0.1, 0.15) is 81.2 Å². The first-order valence-corrected chi connectivity index (χ1v) is 8.32. The van der Waals surface area contributed by atoms with Crippen LogP contribution in [0.25, 0.3) is 0 Å². The maximum Gasteiger partial charge on any atom is -0.0276 e. The van der Waals surface area contributed by atoms with Crippen LogP contribution in [0.2, 0.25) is 0 Å². The summed E-state index contributed by atoms with van der Waals surface area (Å²) in [5.41, 5.74) is 8.22. The Bertz CT molecular complexity index is 388. The van der Waals surface area contributed by atoms with Crippen molar-refractivity contribution in [3.63, 3.8) is 0 Å². The van der Waals surface area contributed by atoms with Crippen LogP contribution in [0.15, 0.2) is 6.07 Å². The van der Waals surface area contributed by atoms with Crippen LogP contribution in [0.5, 0.6) is 0 Å². The first-order chi connectivity index (χ1) is 9.19. The summed E-state index contributed by atoms with van der Waals surface area (Å²) >= 11 is 0. The lowest BCUT2D eigenvalue weighted by Gasteiger charge is -2.21. The molecule has 0 atom stereocenters. The van der Waals surface area contributed by atoms with Gasteiger partial charge in [0.2, 0.25) is 0 Å². The predicted octanol–water partition coefficient (Wildman–Crippen LogP) is 5.81. The second-order valence-electron chi connectivity index (χ2n) is 5.79. The highest BCUT2D eigenvalue weighted by Crippen LogP contribution is 2.28. The normalized spacial score (nSPS) is 11.0. The van der Waals surface area contributed by atoms with Crippen LogP contribution in [0, 0.1) is 6.92 Å². The van der Waals surface area contributed by atoms with Gasteiger partial charge in [-0.1, -0.05) is 59.4 Å². The highest BCUT2D eigenvalue weighted by molar-refractivity contribution is 5.46. The Labute approximate surface area is 120 Å². The summed E-state index contributed by atoms with van der Waals surface area (Å²) in [6, 6.07) is 2.48. The largest absolute Gasteiger partial charge is 0.0651 e. The Morgan fingerprint density at radius 3 is 1.63 bits per heavy atom. The van der Waals surface area contributed by atoms with Crippen molar-refractivity contribution in [3.8, 4) is 0 Å². The lowest BCUT2D eigenvalue weighted by atomic mass is 9.84. The Morgan fingerprint density at radius 1 is 0.632 bits per heavy atom. The van der Waals surface area contributed by atoms with Gasteiger partial charge in [0, 0.05) is 0 Å². The number of rotatable bonds is 8. The topological polar surface area (TPSA) is 0 Å². The summed E-state index contributed by atoms with van der Waals surface area (Å²) in [6.07, 6.45) is 10.1. The van der Waals surface area contributed by atoms with E-state index >= 15 is 0 Å². The van der Waals surface area contributed by atoms with Gasteiger partial charge in [0.25, 0.3) is 0 Å². The number of benzene rings is 1. The smallest absolute Gasteiger partial charge is 0.0276 e. The molecule has 0 N–H and O–H groups in total. The van der Waals surface area contributed by atoms with Gasteiger partial charge in [0.15, 0.2) is 0 Å². The number of aryl methyl sites for hydroxylation is 2. The van der Waals surface area contributed by atoms with E-state index in [1.165, 1.54) is 56.9 Å². The first kappa shape index (κ1) is 16.3. The van der Waals surface area contributed by atoms with Gasteiger partial charge in [-0.15, -0.1) is 0 Å². The molecule has 108 valence electrons. The molecule has 0 nitrogen and oxygen atoms in total. The maximum atomic E-state index is 2.48. The van der Waals surface area contributed by atoms with E-state index in [-0.39, 0.29) is 0 Å². The Kier molecular flexibility index (Phi) is 7.20. The lowest BCUT2D eigenvalue weighted by Crippen LogP contribution is -2.07. The minimum Gasteiger partial charge on any atom is -0.0651 e. The van der Waals surface area contributed by atoms with E-state index in [0.717, 1.165) is 0 Å². The zero-order valence-electron chi connectivity index (χ0n) is 13.7. The maximum absolute atomic E-state index is 2.48. The van der Waals surface area contributed by atoms with Crippen LogP contribution < -0.4 is 0 Å². The lowest BCUT2D eigenvalue weighted by molar-refractivity contribution is 0.796. The van der Waals surface area contributed by atoms with Crippen LogP contribution in [-0.2, 0) is 25.7 Å². The Balaban J connectivity index is 3.35. The minimum atomic E-state index is 1.25. The van der Waals surface area contributed by atoms with Gasteiger partial charge in [0.05, 0.1) is 0 Å². The Morgan fingerprint density at radius 2 is 1.11 bits per heavy atom. The van der Waals surface area contributed by atoms with E-state index in [9.17, 15) is 0 Å². The van der Waals surface area contributed by atoms with Crippen molar-refractivity contribution >= 4 is 0 Å². The molecular formula is C19H32. The van der Waals surface area contributed by atoms with Gasteiger partial charge >= 0.3 is 0 Å². The number of hydrogen-bond acceptors (Lipinski definition) is 0. The molecule has 0 radical (unpaired) electrons. The molecule has 0 aliphatic heterocycles. The summed E-state index contributed by atoms with van der Waals surface area (Å²) in [4.78, 5) is 0. The van der Waals surface area contributed by atoms with E-state index in [4.69, 9.17) is 0 Å². The van der Waals surface area contributed by atoms with Gasteiger partial charge < -0.3 is 0 Å². The molecule has 0 spiro atoms. The summed E-state index contributed by atoms with van der Waals surface area (Å²) in [7, 11) is 0. The van der Waals surface area contributed by atoms with E-state index in [0.29, 0.717) is 0 Å². The predicted molar refractivity (Wildman–Crippen MR) is 87.2 cm³/mol. The van der Waals surface area contributed by atoms with Crippen molar-refractivity contribution in [2.75, 3.05) is 0 Å². The van der Waals surface area contributed by atoms with E-state index < -0.39 is 0 Å². The standard InChI is InChI=1S/C19H32/c1-6-10-16-14-15(5)17(11-7-2)19(13-9-4)18(16)12-8-3/h14H,6-13H2,1-5H3. The minimum absolute atomic E-state index is 1.25. The average Bonchev–Trinajstić information content (AvgIpc) is 2.38. The molecule has 0 amide bonds. The molecule has 1 rings (SSSR count). The van der Waals surface area contributed by atoms with E-state index in [1.807, 2.05) is 0 Å². The molecule has 0 unspecified atom stereocenters. The van der Waals surface area contributed by atoms with Gasteiger partial charge in [0.1, 0.15) is 0 Å². The zero-order chi connectivity index (χ0) is 14.3. The van der Waals surface area contributed by atoms with Gasteiger partial charge in [-0.2, -0.15) is 0 Å². The average molecular weight is 260 g/mol. The molecular weight excluding hydrogens is 228 g/mol. The van der Waals surface area contributed by atoms with Crippen LogP contribution in [-0.4, -0.2) is 0 Å². The third-order valence-corrected chi connectivity index (χ3v) is 4.00. The van der Waals surface area contributed by atoms with Crippen molar-refractivity contribution in [1.29, 1.82) is 0 Å². The summed E-state index contributed by atoms with van der Waals surface area (Å²) in [6.45, 7) is 11.5. The molecule has 19 heavy (non-hydrogen) atoms. The third kappa shape index (κ3) is 4.09. The molecule has 0 saturated carbocycles. The first-order valence-electron chi connectivity index (χ1n) is 8.32. The van der Waals surface area contributed by atoms with E-state index in [1.54, 1.807) is 22.3 Å². The second-order valence-corrected chi connectivity index (χ2v) is 5.79. The monoisotopic (exact) mass is 260 g/mol. The van der Waals surface area contributed by atoms with E-state index in [2.05, 4.69) is 40.7 Å². The van der Waals surface area contributed by atoms with Crippen molar-refractivity contribution in [3.05, 3.63) is 33.9 Å². The summed E-state index contributed by atoms with van der Waals surface area (Å²) in [5.74, 6) is 0. The fraction of sp³-hybridized carbons (Fsp3) is 0.684. The van der Waals surface area contributed by atoms with Gasteiger partial charge in [-0.25, -0.2) is 0 Å². The van der Waals surface area contributed by atoms with Gasteiger partial charge in [-0.3, -0.25) is 0 Å². The van der Waals surface area contributed by atoms with Crippen molar-refractivity contribution in [1.82, 2.24) is 0 Å². The van der Waals surface area contributed by atoms with Crippen LogP contribution in [0.4, 0.5) is 0 Å². The number of hydrogen-bond donors (Lipinski definition) is 0. The van der Waals surface area contributed by atoms with Gasteiger partial charge in [-0.05, 0) is 60.4 Å². The molecule has 1 aromatic carbocycles. The van der Waals surface area contributed by atoms with Crippen LogP contribution in [0.3, 0.4) is 0 Å². The fourth-order valence-electron chi connectivity index (χ4n) is 3.25. The fourth-order valence-corrected chi connectivity index (χ4v) is 3.25. The zero-order valence-corrected chi connectivity index (χ0v) is 13.7. The van der Waals surface area contributed by atoms with Crippen LogP contribution >= 0.6 is 0 Å². The molecule has 0 heterocycles. The Hall–Kier alpha value is -0.780. The molecule has 0 heteroatoms. The molecule has 1 aromatic rings. The third-order valence-electron chi connectivity index (χ3n) is 4.00. The molecule has 0 aliphatic rings. The summed E-state index contributed by atoms with van der Waals surface area (Å²) in [5, 5.41) is 0.